The fourth-order valence-electron chi connectivity index (χ4n) is 1.60. The average molecular weight is 383 g/mol. The topological polar surface area (TPSA) is 149 Å². The lowest BCUT2D eigenvalue weighted by molar-refractivity contribution is -0.145. The van der Waals surface area contributed by atoms with Crippen molar-refractivity contribution in [1.29, 1.82) is 0 Å². The molecule has 0 aromatic rings. The third kappa shape index (κ3) is 7.71. The summed E-state index contributed by atoms with van der Waals surface area (Å²) in [7, 11) is 3.88. The van der Waals surface area contributed by atoms with Crippen LogP contribution >= 0.6 is 0 Å². The zero-order valence-corrected chi connectivity index (χ0v) is 15.1. The first kappa shape index (κ1) is 23.8. The highest BCUT2D eigenvalue weighted by molar-refractivity contribution is 6.25. The predicted molar refractivity (Wildman–Crippen MR) is 93.0 cm³/mol. The Morgan fingerprint density at radius 2 is 1.67 bits per heavy atom. The van der Waals surface area contributed by atoms with E-state index in [2.05, 4.69) is 26.5 Å². The number of nitrogens with zero attached hydrogens (tertiary/aromatic N) is 1. The minimum absolute atomic E-state index is 0.346. The highest BCUT2D eigenvalue weighted by Gasteiger charge is 2.46. The van der Waals surface area contributed by atoms with Crippen LogP contribution in [0, 0.1) is 0 Å². The third-order valence-electron chi connectivity index (χ3n) is 2.97. The van der Waals surface area contributed by atoms with Crippen LogP contribution in [0.2, 0.25) is 0 Å². The summed E-state index contributed by atoms with van der Waals surface area (Å²) in [6.45, 7) is 3.86. The third-order valence-corrected chi connectivity index (χ3v) is 2.97. The van der Waals surface area contributed by atoms with E-state index >= 15 is 0 Å². The van der Waals surface area contributed by atoms with Crippen molar-refractivity contribution in [2.75, 3.05) is 34.5 Å². The monoisotopic (exact) mass is 383 g/mol. The van der Waals surface area contributed by atoms with E-state index in [4.69, 9.17) is 4.74 Å². The SMILES string of the molecule is C=NC1(OC)C(=O)C=CC1=O.COCCNC(=O)C=CC(=O)NC(=O)OC. The van der Waals surface area contributed by atoms with Crippen molar-refractivity contribution < 1.29 is 38.2 Å². The van der Waals surface area contributed by atoms with Crippen molar-refractivity contribution in [3.05, 3.63) is 24.3 Å². The molecule has 0 fully saturated rings. The van der Waals surface area contributed by atoms with Gasteiger partial charge in [-0.25, -0.2) is 4.79 Å². The number of ether oxygens (including phenoxy) is 3. The lowest BCUT2D eigenvalue weighted by Gasteiger charge is -2.17. The van der Waals surface area contributed by atoms with Crippen molar-refractivity contribution in [2.24, 2.45) is 4.99 Å². The van der Waals surface area contributed by atoms with Gasteiger partial charge < -0.3 is 19.5 Å². The summed E-state index contributed by atoms with van der Waals surface area (Å²) in [6.07, 6.45) is 3.34. The van der Waals surface area contributed by atoms with Gasteiger partial charge in [0.05, 0.1) is 13.7 Å². The largest absolute Gasteiger partial charge is 0.453 e. The number of carbonyl (C=O) groups is 5. The molecule has 0 saturated heterocycles. The number of amides is 3. The molecular formula is C16H21N3O8. The summed E-state index contributed by atoms with van der Waals surface area (Å²) in [5.41, 5.74) is -1.68. The van der Waals surface area contributed by atoms with Crippen LogP contribution in [0.3, 0.4) is 0 Å². The number of alkyl carbamates (subject to hydrolysis) is 1. The zero-order valence-electron chi connectivity index (χ0n) is 15.1. The first-order valence-corrected chi connectivity index (χ1v) is 7.41. The number of imide groups is 1. The van der Waals surface area contributed by atoms with Crippen molar-refractivity contribution in [3.8, 4) is 0 Å². The number of aliphatic imine (C=N–C) groups is 1. The lowest BCUT2D eigenvalue weighted by atomic mass is 10.1. The smallest absolute Gasteiger partial charge is 0.413 e. The number of hydrogen-bond acceptors (Lipinski definition) is 9. The molecule has 1 aliphatic carbocycles. The fraction of sp³-hybridized carbons (Fsp3) is 0.375. The van der Waals surface area contributed by atoms with Gasteiger partial charge in [-0.15, -0.1) is 0 Å². The molecule has 0 aromatic carbocycles. The molecule has 11 heteroatoms. The summed E-state index contributed by atoms with van der Waals surface area (Å²) in [6, 6.07) is 0. The van der Waals surface area contributed by atoms with E-state index in [-0.39, 0.29) is 0 Å². The first-order valence-electron chi connectivity index (χ1n) is 7.41. The van der Waals surface area contributed by atoms with Gasteiger partial charge in [0.15, 0.2) is 0 Å². The van der Waals surface area contributed by atoms with E-state index < -0.39 is 35.2 Å². The second kappa shape index (κ2) is 12.2. The van der Waals surface area contributed by atoms with Crippen molar-refractivity contribution in [1.82, 2.24) is 10.6 Å². The van der Waals surface area contributed by atoms with Crippen LogP contribution in [0.25, 0.3) is 0 Å². The van der Waals surface area contributed by atoms with E-state index in [1.165, 1.54) is 14.2 Å². The Labute approximate surface area is 155 Å². The Balaban J connectivity index is 0.000000533. The van der Waals surface area contributed by atoms with Crippen LogP contribution < -0.4 is 10.6 Å². The van der Waals surface area contributed by atoms with Crippen LogP contribution in [-0.4, -0.2) is 76.4 Å². The van der Waals surface area contributed by atoms with E-state index in [0.717, 1.165) is 31.4 Å². The molecule has 0 spiro atoms. The number of ketones is 2. The predicted octanol–water partition coefficient (Wildman–Crippen LogP) is -1.07. The summed E-state index contributed by atoms with van der Waals surface area (Å²) in [4.78, 5) is 57.9. The molecule has 3 amide bonds. The molecule has 0 atom stereocenters. The number of methoxy groups -OCH3 is 3. The fourth-order valence-corrected chi connectivity index (χ4v) is 1.60. The van der Waals surface area contributed by atoms with Gasteiger partial charge in [-0.2, -0.15) is 0 Å². The second-order valence-electron chi connectivity index (χ2n) is 4.67. The number of carbonyl (C=O) groups excluding carboxylic acids is 5. The van der Waals surface area contributed by atoms with E-state index in [1.54, 1.807) is 0 Å². The van der Waals surface area contributed by atoms with Gasteiger partial charge >= 0.3 is 6.09 Å². The minimum atomic E-state index is -1.68. The van der Waals surface area contributed by atoms with E-state index in [1.807, 2.05) is 5.32 Å². The molecule has 1 aliphatic rings. The maximum atomic E-state index is 11.0. The standard InChI is InChI=1S/C9H14N2O5.C7H7NO3/c1-15-6-5-10-7(12)3-4-8(13)11-9(14)16-2;1-8-7(11-2)5(9)3-4-6(7)10/h3-4H,5-6H2,1-2H3,(H,10,12)(H,11,13,14);3-4H,1H2,2H3. The van der Waals surface area contributed by atoms with E-state index in [9.17, 15) is 24.0 Å². The molecule has 27 heavy (non-hydrogen) atoms. The molecule has 1 rings (SSSR count). The minimum Gasteiger partial charge on any atom is -0.453 e. The Kier molecular flexibility index (Phi) is 10.8. The second-order valence-corrected chi connectivity index (χ2v) is 4.67. The van der Waals surface area contributed by atoms with Crippen LogP contribution in [0.5, 0.6) is 0 Å². The highest BCUT2D eigenvalue weighted by Crippen LogP contribution is 2.21. The molecule has 0 radical (unpaired) electrons. The Morgan fingerprint density at radius 3 is 2.07 bits per heavy atom. The highest BCUT2D eigenvalue weighted by atomic mass is 16.5. The number of hydrogen-bond donors (Lipinski definition) is 2. The van der Waals surface area contributed by atoms with Crippen molar-refractivity contribution >= 4 is 36.2 Å². The Bertz CT molecular complexity index is 636. The summed E-state index contributed by atoms with van der Waals surface area (Å²) in [5, 5.41) is 4.32. The molecule has 2 N–H and O–H groups in total. The van der Waals surface area contributed by atoms with Gasteiger partial charge in [-0.05, 0) is 18.9 Å². The van der Waals surface area contributed by atoms with Gasteiger partial charge in [-0.1, -0.05) is 0 Å². The van der Waals surface area contributed by atoms with Gasteiger partial charge in [-0.3, -0.25) is 29.5 Å². The van der Waals surface area contributed by atoms with Crippen LogP contribution in [0.4, 0.5) is 4.79 Å². The van der Waals surface area contributed by atoms with Gasteiger partial charge in [0.1, 0.15) is 0 Å². The molecule has 0 saturated carbocycles. The molecule has 0 aliphatic heterocycles. The lowest BCUT2D eigenvalue weighted by Crippen LogP contribution is -2.41. The zero-order chi connectivity index (χ0) is 20.9. The molecule has 0 heterocycles. The van der Waals surface area contributed by atoms with Gasteiger partial charge in [0.25, 0.3) is 11.6 Å². The summed E-state index contributed by atoms with van der Waals surface area (Å²) >= 11 is 0. The normalized spacial score (nSPS) is 14.3. The number of nitrogens with one attached hydrogen (secondary N) is 2. The van der Waals surface area contributed by atoms with Crippen molar-refractivity contribution in [3.63, 3.8) is 0 Å². The molecular weight excluding hydrogens is 362 g/mol. The summed E-state index contributed by atoms with van der Waals surface area (Å²) in [5.74, 6) is -2.12. The molecule has 0 bridgehead atoms. The first-order chi connectivity index (χ1) is 12.8. The van der Waals surface area contributed by atoms with Crippen molar-refractivity contribution in [2.45, 2.75) is 5.72 Å². The quantitative estimate of drug-likeness (QED) is 0.244. The molecule has 0 unspecified atom stereocenters. The van der Waals surface area contributed by atoms with E-state index in [0.29, 0.717) is 13.2 Å². The van der Waals surface area contributed by atoms with Crippen LogP contribution in [0.15, 0.2) is 29.3 Å². The van der Waals surface area contributed by atoms with Gasteiger partial charge in [0, 0.05) is 32.9 Å². The molecule has 0 aromatic heterocycles. The summed E-state index contributed by atoms with van der Waals surface area (Å²) < 4.78 is 13.6. The Morgan fingerprint density at radius 1 is 1.11 bits per heavy atom. The maximum absolute atomic E-state index is 11.0. The molecule has 11 nitrogen and oxygen atoms in total. The number of rotatable bonds is 7. The maximum Gasteiger partial charge on any atom is 0.413 e. The Hall–Kier alpha value is -3.18. The van der Waals surface area contributed by atoms with Gasteiger partial charge in [0.2, 0.25) is 17.5 Å². The molecule has 148 valence electrons. The average Bonchev–Trinajstić information content (AvgIpc) is 2.95. The van der Waals surface area contributed by atoms with Crippen LogP contribution in [-0.2, 0) is 33.4 Å². The van der Waals surface area contributed by atoms with Crippen LogP contribution in [0.1, 0.15) is 0 Å².